The minimum absolute atomic E-state index is 0.0256. The predicted octanol–water partition coefficient (Wildman–Crippen LogP) is 4.20. The molecule has 1 unspecified atom stereocenters. The summed E-state index contributed by atoms with van der Waals surface area (Å²) in [5.41, 5.74) is 6.89. The second-order valence-corrected chi connectivity index (χ2v) is 10.0. The fraction of sp³-hybridized carbons (Fsp3) is 0.548. The van der Waals surface area contributed by atoms with Crippen LogP contribution in [-0.4, -0.2) is 71.0 Å². The lowest BCUT2D eigenvalue weighted by Crippen LogP contribution is -2.29. The highest BCUT2D eigenvalue weighted by molar-refractivity contribution is 5.82. The summed E-state index contributed by atoms with van der Waals surface area (Å²) in [5.74, 6) is 0.524. The molecule has 1 aromatic rings. The largest absolute Gasteiger partial charge is 0.479 e. The zero-order valence-corrected chi connectivity index (χ0v) is 23.5. The van der Waals surface area contributed by atoms with Crippen molar-refractivity contribution in [2.24, 2.45) is 0 Å². The molecule has 0 aliphatic heterocycles. The van der Waals surface area contributed by atoms with Crippen LogP contribution < -0.4 is 10.6 Å². The molecule has 1 atom stereocenters. The number of ketones is 1. The lowest BCUT2D eigenvalue weighted by molar-refractivity contribution is -0.129. The molecule has 2 N–H and O–H groups in total. The Labute approximate surface area is 232 Å². The maximum absolute atomic E-state index is 11.5. The van der Waals surface area contributed by atoms with Crippen molar-refractivity contribution in [3.63, 3.8) is 0 Å². The van der Waals surface area contributed by atoms with Gasteiger partial charge in [0, 0.05) is 25.6 Å². The van der Waals surface area contributed by atoms with E-state index in [0.717, 1.165) is 32.1 Å². The SMILES string of the molecule is C=C(NCCOCCOCCCCCNC(=O)COCC(C)=O)OCC1C2=C(CCC=C2)c2cc(C)ccc21. The van der Waals surface area contributed by atoms with Gasteiger partial charge in [-0.2, -0.15) is 0 Å². The Morgan fingerprint density at radius 3 is 2.62 bits per heavy atom. The van der Waals surface area contributed by atoms with Crippen LogP contribution in [0.2, 0.25) is 0 Å². The number of ether oxygens (including phenoxy) is 4. The minimum atomic E-state index is -0.197. The van der Waals surface area contributed by atoms with Crippen molar-refractivity contribution in [3.05, 3.63) is 65.1 Å². The summed E-state index contributed by atoms with van der Waals surface area (Å²) in [5, 5.41) is 5.97. The Bertz CT molecular complexity index is 1030. The van der Waals surface area contributed by atoms with Crippen molar-refractivity contribution in [1.29, 1.82) is 0 Å². The first-order valence-corrected chi connectivity index (χ1v) is 14.0. The predicted molar refractivity (Wildman–Crippen MR) is 152 cm³/mol. The van der Waals surface area contributed by atoms with Gasteiger partial charge in [-0.3, -0.25) is 9.59 Å². The number of rotatable bonds is 20. The van der Waals surface area contributed by atoms with Gasteiger partial charge in [-0.25, -0.2) is 0 Å². The monoisotopic (exact) mass is 540 g/mol. The van der Waals surface area contributed by atoms with Gasteiger partial charge in [0.15, 0.2) is 11.7 Å². The van der Waals surface area contributed by atoms with E-state index in [1.165, 1.54) is 34.8 Å². The zero-order valence-electron chi connectivity index (χ0n) is 23.5. The summed E-state index contributed by atoms with van der Waals surface area (Å²) < 4.78 is 22.2. The molecule has 8 heteroatoms. The summed E-state index contributed by atoms with van der Waals surface area (Å²) in [6.07, 6.45) is 9.49. The molecule has 0 heterocycles. The highest BCUT2D eigenvalue weighted by atomic mass is 16.5. The van der Waals surface area contributed by atoms with E-state index in [4.69, 9.17) is 18.9 Å². The van der Waals surface area contributed by atoms with Gasteiger partial charge in [0.05, 0.1) is 19.8 Å². The van der Waals surface area contributed by atoms with E-state index in [-0.39, 0.29) is 30.8 Å². The van der Waals surface area contributed by atoms with E-state index >= 15 is 0 Å². The first-order valence-electron chi connectivity index (χ1n) is 14.0. The van der Waals surface area contributed by atoms with Gasteiger partial charge in [-0.15, -0.1) is 0 Å². The molecule has 0 spiro atoms. The molecule has 2 aliphatic rings. The van der Waals surface area contributed by atoms with E-state index in [0.29, 0.717) is 52.0 Å². The lowest BCUT2D eigenvalue weighted by atomic mass is 9.93. The topological polar surface area (TPSA) is 95.1 Å². The van der Waals surface area contributed by atoms with Crippen molar-refractivity contribution >= 4 is 17.3 Å². The molecule has 1 amide bonds. The van der Waals surface area contributed by atoms with Crippen LogP contribution >= 0.6 is 0 Å². The van der Waals surface area contributed by atoms with Gasteiger partial charge in [-0.05, 0) is 74.8 Å². The Morgan fingerprint density at radius 1 is 0.974 bits per heavy atom. The van der Waals surface area contributed by atoms with Gasteiger partial charge in [0.1, 0.15) is 19.8 Å². The Balaban J connectivity index is 1.15. The van der Waals surface area contributed by atoms with E-state index in [9.17, 15) is 9.59 Å². The molecule has 3 rings (SSSR count). The number of carbonyl (C=O) groups excluding carboxylic acids is 2. The number of carbonyl (C=O) groups is 2. The van der Waals surface area contributed by atoms with E-state index in [1.54, 1.807) is 0 Å². The first kappa shape index (κ1) is 30.6. The second kappa shape index (κ2) is 16.9. The average Bonchev–Trinajstić information content (AvgIpc) is 3.22. The molecular weight excluding hydrogens is 496 g/mol. The number of hydrogen-bond acceptors (Lipinski definition) is 7. The van der Waals surface area contributed by atoms with E-state index in [1.807, 2.05) is 0 Å². The van der Waals surface area contributed by atoms with Gasteiger partial charge < -0.3 is 29.6 Å². The van der Waals surface area contributed by atoms with Crippen molar-refractivity contribution in [2.75, 3.05) is 59.3 Å². The van der Waals surface area contributed by atoms with Crippen molar-refractivity contribution in [2.45, 2.75) is 51.9 Å². The van der Waals surface area contributed by atoms with E-state index < -0.39 is 0 Å². The van der Waals surface area contributed by atoms with Crippen LogP contribution in [0.25, 0.3) is 5.57 Å². The molecule has 0 saturated carbocycles. The molecule has 0 aromatic heterocycles. The fourth-order valence-corrected chi connectivity index (χ4v) is 4.77. The molecule has 8 nitrogen and oxygen atoms in total. The Morgan fingerprint density at radius 2 is 1.79 bits per heavy atom. The molecule has 0 radical (unpaired) electrons. The Hall–Kier alpha value is -2.94. The molecule has 0 fully saturated rings. The second-order valence-electron chi connectivity index (χ2n) is 10.0. The summed E-state index contributed by atoms with van der Waals surface area (Å²) in [6, 6.07) is 6.73. The molecule has 2 aliphatic carbocycles. The summed E-state index contributed by atoms with van der Waals surface area (Å²) >= 11 is 0. The summed E-state index contributed by atoms with van der Waals surface area (Å²) in [4.78, 5) is 22.3. The number of unbranched alkanes of at least 4 members (excludes halogenated alkanes) is 2. The standard InChI is InChI=1S/C31H44N2O6/c1-23-11-12-28-29(19-23)26-9-5-6-10-27(26)30(28)21-39-25(3)32-14-16-37-18-17-36-15-8-4-7-13-33-31(35)22-38-20-24(2)34/h6,10-12,19,30,32H,3-5,7-9,13-18,20-22H2,1-2H3,(H,33,35). The third-order valence-corrected chi connectivity index (χ3v) is 6.68. The molecular formula is C31H44N2O6. The smallest absolute Gasteiger partial charge is 0.246 e. The van der Waals surface area contributed by atoms with Crippen LogP contribution in [-0.2, 0) is 28.5 Å². The highest BCUT2D eigenvalue weighted by Gasteiger charge is 2.31. The number of benzene rings is 1. The lowest BCUT2D eigenvalue weighted by Gasteiger charge is -2.19. The van der Waals surface area contributed by atoms with Crippen molar-refractivity contribution < 1.29 is 28.5 Å². The van der Waals surface area contributed by atoms with Crippen molar-refractivity contribution in [3.8, 4) is 0 Å². The van der Waals surface area contributed by atoms with Gasteiger partial charge in [-0.1, -0.05) is 35.9 Å². The quantitative estimate of drug-likeness (QED) is 0.189. The maximum atomic E-state index is 11.5. The number of aryl methyl sites for hydroxylation is 1. The first-order chi connectivity index (χ1) is 19.0. The van der Waals surface area contributed by atoms with Crippen LogP contribution in [0.3, 0.4) is 0 Å². The number of amides is 1. The maximum Gasteiger partial charge on any atom is 0.246 e. The number of fused-ring (bicyclic) bond motifs is 2. The van der Waals surface area contributed by atoms with Gasteiger partial charge >= 0.3 is 0 Å². The van der Waals surface area contributed by atoms with Crippen LogP contribution in [0.15, 0.2) is 48.4 Å². The third-order valence-electron chi connectivity index (χ3n) is 6.68. The summed E-state index contributed by atoms with van der Waals surface area (Å²) in [7, 11) is 0. The van der Waals surface area contributed by atoms with E-state index in [2.05, 4.69) is 54.5 Å². The zero-order chi connectivity index (χ0) is 27.9. The van der Waals surface area contributed by atoms with Crippen molar-refractivity contribution in [1.82, 2.24) is 10.6 Å². The van der Waals surface area contributed by atoms with Crippen LogP contribution in [0.4, 0.5) is 0 Å². The van der Waals surface area contributed by atoms with Gasteiger partial charge in [0.25, 0.3) is 0 Å². The van der Waals surface area contributed by atoms with Crippen LogP contribution in [0, 0.1) is 6.92 Å². The number of allylic oxidation sites excluding steroid dienone is 3. The normalized spacial score (nSPS) is 15.6. The van der Waals surface area contributed by atoms with Gasteiger partial charge in [0.2, 0.25) is 5.91 Å². The highest BCUT2D eigenvalue weighted by Crippen LogP contribution is 2.46. The molecule has 214 valence electrons. The average molecular weight is 541 g/mol. The van der Waals surface area contributed by atoms with Crippen LogP contribution in [0.5, 0.6) is 0 Å². The van der Waals surface area contributed by atoms with Crippen LogP contribution in [0.1, 0.15) is 61.6 Å². The molecule has 0 bridgehead atoms. The molecule has 0 saturated heterocycles. The Kier molecular flexibility index (Phi) is 13.3. The number of hydrogen-bond donors (Lipinski definition) is 2. The molecule has 39 heavy (non-hydrogen) atoms. The fourth-order valence-electron chi connectivity index (χ4n) is 4.77. The number of nitrogens with one attached hydrogen (secondary N) is 2. The summed E-state index contributed by atoms with van der Waals surface area (Å²) in [6.45, 7) is 11.6. The third kappa shape index (κ3) is 10.6. The molecule has 1 aromatic carbocycles. The number of Topliss-reactive ketones (excluding diaryl/α,β-unsaturated/α-hetero) is 1. The minimum Gasteiger partial charge on any atom is -0.479 e.